The summed E-state index contributed by atoms with van der Waals surface area (Å²) in [4.78, 5) is 0. The van der Waals surface area contributed by atoms with Crippen LogP contribution in [0, 0.1) is 0 Å². The van der Waals surface area contributed by atoms with Gasteiger partial charge >= 0.3 is 0 Å². The number of hydrogen-bond acceptors (Lipinski definition) is 6. The Bertz CT molecular complexity index is 1270. The molecule has 6 nitrogen and oxygen atoms in total. The van der Waals surface area contributed by atoms with Crippen LogP contribution in [0.25, 0.3) is 0 Å². The molecule has 1 aliphatic rings. The predicted molar refractivity (Wildman–Crippen MR) is 152 cm³/mol. The molecule has 1 saturated heterocycles. The molecule has 208 valence electrons. The van der Waals surface area contributed by atoms with Gasteiger partial charge in [0.1, 0.15) is 24.4 Å². The van der Waals surface area contributed by atoms with Gasteiger partial charge in [0.25, 0.3) is 0 Å². The van der Waals surface area contributed by atoms with Gasteiger partial charge in [0.15, 0.2) is 5.79 Å². The summed E-state index contributed by atoms with van der Waals surface area (Å²) in [5, 5.41) is 22.6. The summed E-state index contributed by atoms with van der Waals surface area (Å²) in [5.41, 5.74) is 3.79. The van der Waals surface area contributed by atoms with E-state index in [1.54, 1.807) is 0 Å². The van der Waals surface area contributed by atoms with E-state index in [0.717, 1.165) is 22.3 Å². The maximum Gasteiger partial charge on any atom is 0.199 e. The van der Waals surface area contributed by atoms with E-state index in [1.165, 1.54) is 0 Å². The minimum atomic E-state index is -1.78. The second-order valence-corrected chi connectivity index (χ2v) is 10.1. The van der Waals surface area contributed by atoms with Crippen LogP contribution in [0.4, 0.5) is 0 Å². The topological polar surface area (TPSA) is 77.4 Å². The third-order valence-corrected chi connectivity index (χ3v) is 7.11. The van der Waals surface area contributed by atoms with Crippen molar-refractivity contribution in [1.82, 2.24) is 0 Å². The highest BCUT2D eigenvalue weighted by molar-refractivity contribution is 5.19. The highest BCUT2D eigenvalue weighted by atomic mass is 16.7. The first-order valence-electron chi connectivity index (χ1n) is 13.7. The van der Waals surface area contributed by atoms with E-state index in [4.69, 9.17) is 18.9 Å². The van der Waals surface area contributed by atoms with E-state index < -0.39 is 30.2 Å². The molecule has 0 spiro atoms. The molecule has 4 aromatic rings. The van der Waals surface area contributed by atoms with Crippen LogP contribution in [0.15, 0.2) is 121 Å². The zero-order valence-electron chi connectivity index (χ0n) is 22.4. The fraction of sp³-hybridized carbons (Fsp3) is 0.294. The van der Waals surface area contributed by atoms with Crippen molar-refractivity contribution >= 4 is 0 Å². The fourth-order valence-electron chi connectivity index (χ4n) is 5.11. The number of ether oxygens (including phenoxy) is 4. The van der Waals surface area contributed by atoms with Crippen LogP contribution < -0.4 is 0 Å². The third kappa shape index (κ3) is 7.23. The van der Waals surface area contributed by atoms with Crippen LogP contribution >= 0.6 is 0 Å². The van der Waals surface area contributed by atoms with Crippen LogP contribution in [0.1, 0.15) is 22.3 Å². The van der Waals surface area contributed by atoms with Crippen molar-refractivity contribution in [2.24, 2.45) is 0 Å². The van der Waals surface area contributed by atoms with Gasteiger partial charge in [0.05, 0.1) is 26.4 Å². The van der Waals surface area contributed by atoms with Crippen molar-refractivity contribution in [3.8, 4) is 0 Å². The Hall–Kier alpha value is -3.36. The number of benzene rings is 4. The van der Waals surface area contributed by atoms with Crippen LogP contribution in [0.2, 0.25) is 0 Å². The van der Waals surface area contributed by atoms with Gasteiger partial charge in [-0.3, -0.25) is 0 Å². The van der Waals surface area contributed by atoms with Crippen molar-refractivity contribution in [3.63, 3.8) is 0 Å². The fourth-order valence-corrected chi connectivity index (χ4v) is 5.11. The number of aliphatic hydroxyl groups excluding tert-OH is 1. The zero-order chi connectivity index (χ0) is 27.6. The molecule has 6 heteroatoms. The summed E-state index contributed by atoms with van der Waals surface area (Å²) in [5.74, 6) is -1.78. The summed E-state index contributed by atoms with van der Waals surface area (Å²) < 4.78 is 25.7. The highest BCUT2D eigenvalue weighted by Gasteiger charge is 2.56. The molecule has 40 heavy (non-hydrogen) atoms. The Labute approximate surface area is 235 Å². The van der Waals surface area contributed by atoms with Crippen molar-refractivity contribution in [1.29, 1.82) is 0 Å². The second kappa shape index (κ2) is 13.8. The van der Waals surface area contributed by atoms with Gasteiger partial charge < -0.3 is 29.2 Å². The van der Waals surface area contributed by atoms with E-state index in [-0.39, 0.29) is 26.2 Å². The minimum Gasteiger partial charge on any atom is -0.394 e. The SMILES string of the molecule is OC[C@H]1OC(O)(Cc2ccccc2)[C@H](OCc2ccccc2)[C@@H](OCc2ccccc2)[C@@H]1OCc1ccccc1. The van der Waals surface area contributed by atoms with Gasteiger partial charge in [-0.25, -0.2) is 0 Å². The summed E-state index contributed by atoms with van der Waals surface area (Å²) in [6.45, 7) is 0.458. The molecule has 0 aromatic heterocycles. The van der Waals surface area contributed by atoms with E-state index >= 15 is 0 Å². The Morgan fingerprint density at radius 1 is 0.550 bits per heavy atom. The van der Waals surface area contributed by atoms with Gasteiger partial charge in [-0.05, 0) is 22.3 Å². The number of aliphatic hydroxyl groups is 2. The monoisotopic (exact) mass is 540 g/mol. The molecule has 1 fully saturated rings. The summed E-state index contributed by atoms with van der Waals surface area (Å²) >= 11 is 0. The van der Waals surface area contributed by atoms with Crippen LogP contribution in [0.5, 0.6) is 0 Å². The van der Waals surface area contributed by atoms with Gasteiger partial charge in [0, 0.05) is 6.42 Å². The molecule has 0 saturated carbocycles. The average molecular weight is 541 g/mol. The first kappa shape index (κ1) is 28.2. The number of rotatable bonds is 12. The first-order valence-corrected chi connectivity index (χ1v) is 13.7. The normalized spacial score (nSPS) is 24.6. The predicted octanol–water partition coefficient (Wildman–Crippen LogP) is 5.07. The lowest BCUT2D eigenvalue weighted by atomic mass is 9.88. The molecule has 0 amide bonds. The minimum absolute atomic E-state index is 0.153. The molecule has 0 radical (unpaired) electrons. The average Bonchev–Trinajstić information content (AvgIpc) is 3.00. The van der Waals surface area contributed by atoms with E-state index in [0.29, 0.717) is 6.61 Å². The van der Waals surface area contributed by atoms with Crippen LogP contribution in [-0.2, 0) is 45.2 Å². The van der Waals surface area contributed by atoms with E-state index in [2.05, 4.69) is 0 Å². The summed E-state index contributed by atoms with van der Waals surface area (Å²) in [6, 6.07) is 39.1. The molecule has 0 aliphatic carbocycles. The summed E-state index contributed by atoms with van der Waals surface area (Å²) in [7, 11) is 0. The van der Waals surface area contributed by atoms with Crippen molar-refractivity contribution < 1.29 is 29.2 Å². The molecule has 2 N–H and O–H groups in total. The summed E-state index contributed by atoms with van der Waals surface area (Å²) in [6.07, 6.45) is -3.05. The van der Waals surface area contributed by atoms with Crippen molar-refractivity contribution in [3.05, 3.63) is 144 Å². The standard InChI is InChI=1S/C34H36O6/c35-22-30-31(37-23-27-15-7-2-8-16-27)32(38-24-28-17-9-3-10-18-28)33(39-25-29-19-11-4-12-20-29)34(36,40-30)21-26-13-5-1-6-14-26/h1-20,30-33,35-36H,21-25H2/t30-,31-,32+,33-,34?/m1/s1. The lowest BCUT2D eigenvalue weighted by Crippen LogP contribution is -2.67. The van der Waals surface area contributed by atoms with Crippen molar-refractivity contribution in [2.45, 2.75) is 56.4 Å². The van der Waals surface area contributed by atoms with E-state index in [9.17, 15) is 10.2 Å². The maximum absolute atomic E-state index is 12.1. The Morgan fingerprint density at radius 2 is 0.950 bits per heavy atom. The van der Waals surface area contributed by atoms with E-state index in [1.807, 2.05) is 121 Å². The van der Waals surface area contributed by atoms with Crippen LogP contribution in [-0.4, -0.2) is 47.0 Å². The maximum atomic E-state index is 12.1. The third-order valence-electron chi connectivity index (χ3n) is 7.11. The van der Waals surface area contributed by atoms with Gasteiger partial charge in [-0.15, -0.1) is 0 Å². The lowest BCUT2D eigenvalue weighted by molar-refractivity contribution is -0.368. The lowest BCUT2D eigenvalue weighted by Gasteiger charge is -2.50. The molecule has 4 aromatic carbocycles. The molecule has 1 heterocycles. The molecule has 5 atom stereocenters. The largest absolute Gasteiger partial charge is 0.394 e. The number of hydrogen-bond donors (Lipinski definition) is 2. The molecule has 1 aliphatic heterocycles. The smallest absolute Gasteiger partial charge is 0.199 e. The van der Waals surface area contributed by atoms with Crippen LogP contribution in [0.3, 0.4) is 0 Å². The molecule has 1 unspecified atom stereocenters. The Morgan fingerprint density at radius 3 is 1.40 bits per heavy atom. The molecular weight excluding hydrogens is 504 g/mol. The Kier molecular flexibility index (Phi) is 9.73. The highest BCUT2D eigenvalue weighted by Crippen LogP contribution is 2.37. The van der Waals surface area contributed by atoms with Crippen molar-refractivity contribution in [2.75, 3.05) is 6.61 Å². The van der Waals surface area contributed by atoms with Gasteiger partial charge in [-0.1, -0.05) is 121 Å². The molecule has 5 rings (SSSR count). The molecule has 0 bridgehead atoms. The quantitative estimate of drug-likeness (QED) is 0.262. The molecular formula is C34H36O6. The van der Waals surface area contributed by atoms with Gasteiger partial charge in [-0.2, -0.15) is 0 Å². The zero-order valence-corrected chi connectivity index (χ0v) is 22.4. The second-order valence-electron chi connectivity index (χ2n) is 10.1. The first-order chi connectivity index (χ1) is 19.6. The Balaban J connectivity index is 1.48. The van der Waals surface area contributed by atoms with Gasteiger partial charge in [0.2, 0.25) is 0 Å².